The number of nitrogens with one attached hydrogen (secondary N) is 1. The molecule has 0 spiro atoms. The lowest BCUT2D eigenvalue weighted by atomic mass is 9.96. The van der Waals surface area contributed by atoms with Gasteiger partial charge in [-0.15, -0.1) is 0 Å². The minimum atomic E-state index is 1.07. The number of rotatable bonds is 1. The Balaban J connectivity index is 2.12. The Morgan fingerprint density at radius 1 is 0.684 bits per heavy atom. The van der Waals surface area contributed by atoms with Gasteiger partial charge in [0, 0.05) is 5.39 Å². The van der Waals surface area contributed by atoms with Crippen molar-refractivity contribution in [3.05, 3.63) is 66.9 Å². The second kappa shape index (κ2) is 3.95. The number of benzene rings is 3. The fraction of sp³-hybridized carbons (Fsp3) is 0. The fourth-order valence-electron chi connectivity index (χ4n) is 2.66. The number of H-pyrrole nitrogens is 1. The van der Waals surface area contributed by atoms with E-state index in [9.17, 15) is 0 Å². The lowest BCUT2D eigenvalue weighted by Crippen LogP contribution is -1.82. The fourth-order valence-corrected chi connectivity index (χ4v) is 2.66. The zero-order chi connectivity index (χ0) is 12.7. The third kappa shape index (κ3) is 1.54. The lowest BCUT2D eigenvalue weighted by Gasteiger charge is -2.07. The summed E-state index contributed by atoms with van der Waals surface area (Å²) in [5, 5.41) is 10.9. The van der Waals surface area contributed by atoms with Gasteiger partial charge >= 0.3 is 0 Å². The van der Waals surface area contributed by atoms with Gasteiger partial charge in [0.1, 0.15) is 0 Å². The Morgan fingerprint density at radius 3 is 2.37 bits per heavy atom. The van der Waals surface area contributed by atoms with E-state index in [1.165, 1.54) is 27.3 Å². The summed E-state index contributed by atoms with van der Waals surface area (Å²) in [4.78, 5) is 0. The van der Waals surface area contributed by atoms with Crippen LogP contribution in [0.3, 0.4) is 0 Å². The van der Waals surface area contributed by atoms with Crippen LogP contribution in [-0.4, -0.2) is 10.2 Å². The molecule has 1 aromatic heterocycles. The van der Waals surface area contributed by atoms with Crippen molar-refractivity contribution in [3.8, 4) is 11.1 Å². The van der Waals surface area contributed by atoms with Gasteiger partial charge in [0.25, 0.3) is 0 Å². The number of aromatic nitrogens is 2. The highest BCUT2D eigenvalue weighted by Gasteiger charge is 2.07. The number of hydrogen-bond acceptors (Lipinski definition) is 1. The maximum atomic E-state index is 4.14. The molecule has 1 heterocycles. The van der Waals surface area contributed by atoms with Crippen molar-refractivity contribution in [3.63, 3.8) is 0 Å². The molecule has 90 valence electrons. The van der Waals surface area contributed by atoms with E-state index in [0.717, 1.165) is 5.52 Å². The molecule has 0 aliphatic carbocycles. The van der Waals surface area contributed by atoms with Gasteiger partial charge in [0.05, 0.1) is 11.7 Å². The number of fused-ring (bicyclic) bond motifs is 2. The van der Waals surface area contributed by atoms with Crippen LogP contribution >= 0.6 is 0 Å². The molecule has 0 saturated heterocycles. The van der Waals surface area contributed by atoms with E-state index in [4.69, 9.17) is 0 Å². The summed E-state index contributed by atoms with van der Waals surface area (Å²) in [6.07, 6.45) is 1.90. The molecule has 19 heavy (non-hydrogen) atoms. The van der Waals surface area contributed by atoms with Crippen LogP contribution in [0.5, 0.6) is 0 Å². The molecule has 3 aromatic carbocycles. The SMILES string of the molecule is c1ccc2c(-c3cccc4[nH]ncc34)cccc2c1. The predicted octanol–water partition coefficient (Wildman–Crippen LogP) is 4.38. The third-order valence-electron chi connectivity index (χ3n) is 3.56. The molecule has 4 aromatic rings. The largest absolute Gasteiger partial charge is 0.278 e. The van der Waals surface area contributed by atoms with E-state index in [2.05, 4.69) is 70.9 Å². The topological polar surface area (TPSA) is 28.7 Å². The van der Waals surface area contributed by atoms with Crippen molar-refractivity contribution in [1.29, 1.82) is 0 Å². The molecule has 0 atom stereocenters. The maximum absolute atomic E-state index is 4.14. The molecular formula is C17H12N2. The molecule has 1 N–H and O–H groups in total. The normalized spacial score (nSPS) is 11.2. The van der Waals surface area contributed by atoms with Gasteiger partial charge in [0.2, 0.25) is 0 Å². The summed E-state index contributed by atoms with van der Waals surface area (Å²) in [5.74, 6) is 0. The monoisotopic (exact) mass is 244 g/mol. The van der Waals surface area contributed by atoms with Gasteiger partial charge in [-0.05, 0) is 28.0 Å². The van der Waals surface area contributed by atoms with Gasteiger partial charge in [-0.25, -0.2) is 0 Å². The van der Waals surface area contributed by atoms with Crippen LogP contribution < -0.4 is 0 Å². The van der Waals surface area contributed by atoms with E-state index in [0.29, 0.717) is 0 Å². The summed E-state index contributed by atoms with van der Waals surface area (Å²) in [7, 11) is 0. The minimum Gasteiger partial charge on any atom is -0.278 e. The third-order valence-corrected chi connectivity index (χ3v) is 3.56. The first kappa shape index (κ1) is 10.3. The highest BCUT2D eigenvalue weighted by molar-refractivity contribution is 6.04. The molecule has 0 radical (unpaired) electrons. The minimum absolute atomic E-state index is 1.07. The summed E-state index contributed by atoms with van der Waals surface area (Å²) in [6, 6.07) is 21.2. The molecule has 2 heteroatoms. The van der Waals surface area contributed by atoms with Gasteiger partial charge in [0.15, 0.2) is 0 Å². The van der Waals surface area contributed by atoms with E-state index >= 15 is 0 Å². The molecule has 0 aliphatic heterocycles. The lowest BCUT2D eigenvalue weighted by molar-refractivity contribution is 1.12. The van der Waals surface area contributed by atoms with Crippen LogP contribution in [0, 0.1) is 0 Å². The smallest absolute Gasteiger partial charge is 0.0656 e. The van der Waals surface area contributed by atoms with Gasteiger partial charge in [-0.1, -0.05) is 54.6 Å². The van der Waals surface area contributed by atoms with Gasteiger partial charge in [-0.3, -0.25) is 5.10 Å². The Kier molecular flexibility index (Phi) is 2.15. The molecule has 0 amide bonds. The molecule has 2 nitrogen and oxygen atoms in total. The first-order valence-electron chi connectivity index (χ1n) is 6.34. The van der Waals surface area contributed by atoms with Gasteiger partial charge in [-0.2, -0.15) is 5.10 Å². The standard InChI is InChI=1S/C17H12N2/c1-2-7-13-12(5-1)6-3-8-14(13)15-9-4-10-17-16(15)11-18-19-17/h1-11H,(H,18,19). The van der Waals surface area contributed by atoms with Crippen molar-refractivity contribution >= 4 is 21.7 Å². The van der Waals surface area contributed by atoms with E-state index < -0.39 is 0 Å². The van der Waals surface area contributed by atoms with E-state index in [1.54, 1.807) is 0 Å². The van der Waals surface area contributed by atoms with Crippen molar-refractivity contribution in [2.75, 3.05) is 0 Å². The summed E-state index contributed by atoms with van der Waals surface area (Å²) in [6.45, 7) is 0. The Hall–Kier alpha value is -2.61. The molecule has 0 fully saturated rings. The molecule has 0 aliphatic rings. The Morgan fingerprint density at radius 2 is 1.42 bits per heavy atom. The van der Waals surface area contributed by atoms with Crippen LogP contribution in [0.2, 0.25) is 0 Å². The van der Waals surface area contributed by atoms with Crippen molar-refractivity contribution in [2.45, 2.75) is 0 Å². The molecule has 4 rings (SSSR count). The maximum Gasteiger partial charge on any atom is 0.0656 e. The first-order chi connectivity index (χ1) is 9.43. The predicted molar refractivity (Wildman–Crippen MR) is 79.0 cm³/mol. The van der Waals surface area contributed by atoms with Crippen LogP contribution in [0.25, 0.3) is 32.8 Å². The molecule has 0 saturated carbocycles. The molecular weight excluding hydrogens is 232 g/mol. The summed E-state index contributed by atoms with van der Waals surface area (Å²) >= 11 is 0. The number of nitrogens with zero attached hydrogens (tertiary/aromatic N) is 1. The van der Waals surface area contributed by atoms with Crippen LogP contribution in [0.4, 0.5) is 0 Å². The van der Waals surface area contributed by atoms with Crippen LogP contribution in [0.15, 0.2) is 66.9 Å². The van der Waals surface area contributed by atoms with E-state index in [-0.39, 0.29) is 0 Å². The highest BCUT2D eigenvalue weighted by Crippen LogP contribution is 2.32. The quantitative estimate of drug-likeness (QED) is 0.528. The molecule has 0 bridgehead atoms. The van der Waals surface area contributed by atoms with Crippen molar-refractivity contribution in [1.82, 2.24) is 10.2 Å². The second-order valence-corrected chi connectivity index (χ2v) is 4.66. The van der Waals surface area contributed by atoms with Crippen LogP contribution in [0.1, 0.15) is 0 Å². The number of aromatic amines is 1. The Labute approximate surface area is 110 Å². The average molecular weight is 244 g/mol. The first-order valence-corrected chi connectivity index (χ1v) is 6.34. The van der Waals surface area contributed by atoms with Crippen molar-refractivity contribution in [2.24, 2.45) is 0 Å². The second-order valence-electron chi connectivity index (χ2n) is 4.66. The van der Waals surface area contributed by atoms with E-state index in [1.807, 2.05) is 6.20 Å². The Bertz CT molecular complexity index is 869. The zero-order valence-corrected chi connectivity index (χ0v) is 10.3. The average Bonchev–Trinajstić information content (AvgIpc) is 2.95. The summed E-state index contributed by atoms with van der Waals surface area (Å²) < 4.78 is 0. The van der Waals surface area contributed by atoms with Crippen molar-refractivity contribution < 1.29 is 0 Å². The van der Waals surface area contributed by atoms with Crippen LogP contribution in [-0.2, 0) is 0 Å². The molecule has 0 unspecified atom stereocenters. The number of hydrogen-bond donors (Lipinski definition) is 1. The van der Waals surface area contributed by atoms with Gasteiger partial charge < -0.3 is 0 Å². The summed E-state index contributed by atoms with van der Waals surface area (Å²) in [5.41, 5.74) is 3.55. The zero-order valence-electron chi connectivity index (χ0n) is 10.3. The highest BCUT2D eigenvalue weighted by atomic mass is 15.1.